The molecule has 0 spiro atoms. The number of para-hydroxylation sites is 1. The lowest BCUT2D eigenvalue weighted by Gasteiger charge is -2.42. The second-order valence-corrected chi connectivity index (χ2v) is 15.6. The number of aliphatic hydroxyl groups excluding tert-OH is 1. The van der Waals surface area contributed by atoms with Gasteiger partial charge in [-0.05, 0) is 76.3 Å². The Bertz CT molecular complexity index is 1770. The lowest BCUT2D eigenvalue weighted by molar-refractivity contribution is -0.141. The molecule has 2 aromatic carbocycles. The van der Waals surface area contributed by atoms with Crippen LogP contribution < -0.4 is 16.0 Å². The summed E-state index contributed by atoms with van der Waals surface area (Å²) in [4.78, 5) is 56.4. The van der Waals surface area contributed by atoms with Gasteiger partial charge >= 0.3 is 0 Å². The van der Waals surface area contributed by atoms with Gasteiger partial charge in [0.25, 0.3) is 5.91 Å². The maximum Gasteiger partial charge on any atom is 0.270 e. The molecule has 1 saturated heterocycles. The van der Waals surface area contributed by atoms with Crippen LogP contribution in [0.2, 0.25) is 0 Å². The van der Waals surface area contributed by atoms with E-state index in [0.29, 0.717) is 30.1 Å². The molecule has 1 unspecified atom stereocenters. The molecule has 51 heavy (non-hydrogen) atoms. The fourth-order valence-corrected chi connectivity index (χ4v) is 7.30. The average Bonchev–Trinajstić information content (AvgIpc) is 3.12. The highest BCUT2D eigenvalue weighted by molar-refractivity contribution is 7.99. The third-order valence-corrected chi connectivity index (χ3v) is 10.3. The van der Waals surface area contributed by atoms with E-state index in [1.54, 1.807) is 41.2 Å². The number of aromatic nitrogens is 3. The summed E-state index contributed by atoms with van der Waals surface area (Å²) in [6.45, 7) is 10.2. The van der Waals surface area contributed by atoms with E-state index in [2.05, 4.69) is 30.9 Å². The Morgan fingerprint density at radius 2 is 1.67 bits per heavy atom. The first-order valence-corrected chi connectivity index (χ1v) is 18.4. The first kappa shape index (κ1) is 37.9. The van der Waals surface area contributed by atoms with E-state index in [0.717, 1.165) is 17.4 Å². The molecule has 5 rings (SSSR count). The van der Waals surface area contributed by atoms with Crippen LogP contribution in [0, 0.1) is 5.92 Å². The van der Waals surface area contributed by atoms with E-state index >= 15 is 0 Å². The standard InChI is InChI=1S/C39H49N7O4S/c1-25(2)34(45-35(48)30-17-16-27-14-9-10-15-29(27)43-30)36(49)44-31(22-26-12-7-6-8-13-26)33(47)24-46(39(3,4)5)37(50)32-23-28(18-21-40-32)51-38-41-19-11-20-42-38/h6-17,19-20,25,28,31-34,40,47H,18,21-24H2,1-5H3,(H,44,49)(H,45,48)/t28-,31+,32?,33-,34+/m1/s1. The molecule has 4 aromatic rings. The maximum absolute atomic E-state index is 14.2. The number of hydrogen-bond acceptors (Lipinski definition) is 9. The van der Waals surface area contributed by atoms with Gasteiger partial charge in [0.2, 0.25) is 11.8 Å². The van der Waals surface area contributed by atoms with Crippen molar-refractivity contribution in [1.29, 1.82) is 0 Å². The van der Waals surface area contributed by atoms with Crippen molar-refractivity contribution < 1.29 is 19.5 Å². The summed E-state index contributed by atoms with van der Waals surface area (Å²) in [5, 5.41) is 22.9. The van der Waals surface area contributed by atoms with E-state index in [1.165, 1.54) is 0 Å². The third-order valence-electron chi connectivity index (χ3n) is 9.07. The van der Waals surface area contributed by atoms with Gasteiger partial charge in [-0.1, -0.05) is 80.2 Å². The number of thioether (sulfide) groups is 1. The number of carbonyl (C=O) groups excluding carboxylic acids is 3. The molecular weight excluding hydrogens is 663 g/mol. The summed E-state index contributed by atoms with van der Waals surface area (Å²) in [6, 6.07) is 20.3. The topological polar surface area (TPSA) is 149 Å². The quantitative estimate of drug-likeness (QED) is 0.148. The molecule has 0 aliphatic carbocycles. The van der Waals surface area contributed by atoms with Gasteiger partial charge in [0.15, 0.2) is 5.16 Å². The number of rotatable bonds is 13. The van der Waals surface area contributed by atoms with Crippen LogP contribution in [0.15, 0.2) is 90.3 Å². The second-order valence-electron chi connectivity index (χ2n) is 14.4. The monoisotopic (exact) mass is 711 g/mol. The molecule has 11 nitrogen and oxygen atoms in total. The number of pyridine rings is 1. The van der Waals surface area contributed by atoms with E-state index in [1.807, 2.05) is 95.3 Å². The van der Waals surface area contributed by atoms with Crippen molar-refractivity contribution >= 4 is 40.4 Å². The second kappa shape index (κ2) is 17.2. The molecule has 0 bridgehead atoms. The third kappa shape index (κ3) is 10.3. The van der Waals surface area contributed by atoms with Crippen LogP contribution in [0.1, 0.15) is 63.5 Å². The molecule has 0 saturated carbocycles. The minimum Gasteiger partial charge on any atom is -0.389 e. The molecule has 1 aliphatic heterocycles. The van der Waals surface area contributed by atoms with Gasteiger partial charge in [0, 0.05) is 35.1 Å². The molecule has 2 aromatic heterocycles. The van der Waals surface area contributed by atoms with Crippen LogP contribution >= 0.6 is 11.8 Å². The van der Waals surface area contributed by atoms with Crippen LogP contribution in [0.4, 0.5) is 0 Å². The summed E-state index contributed by atoms with van der Waals surface area (Å²) >= 11 is 1.58. The van der Waals surface area contributed by atoms with Gasteiger partial charge in [0.1, 0.15) is 11.7 Å². The number of piperidine rings is 1. The average molecular weight is 712 g/mol. The Morgan fingerprint density at radius 3 is 2.37 bits per heavy atom. The Hall–Kier alpha value is -4.39. The fraction of sp³-hybridized carbons (Fsp3) is 0.436. The number of hydrogen-bond donors (Lipinski definition) is 4. The van der Waals surface area contributed by atoms with Crippen molar-refractivity contribution in [3.05, 3.63) is 96.4 Å². The molecule has 1 aliphatic rings. The van der Waals surface area contributed by atoms with Crippen molar-refractivity contribution in [2.24, 2.45) is 5.92 Å². The van der Waals surface area contributed by atoms with Crippen molar-refractivity contribution in [3.63, 3.8) is 0 Å². The van der Waals surface area contributed by atoms with Crippen molar-refractivity contribution in [3.8, 4) is 0 Å². The molecule has 0 radical (unpaired) electrons. The number of carbonyl (C=O) groups is 3. The van der Waals surface area contributed by atoms with Gasteiger partial charge in [-0.15, -0.1) is 0 Å². The van der Waals surface area contributed by atoms with E-state index in [4.69, 9.17) is 0 Å². The van der Waals surface area contributed by atoms with E-state index in [-0.39, 0.29) is 29.3 Å². The SMILES string of the molecule is CC(C)[C@H](NC(=O)c1ccc2ccccc2n1)C(=O)N[C@@H](Cc1ccccc1)[C@H](O)CN(C(=O)C1C[C@H](Sc2ncccn2)CCN1)C(C)(C)C. The van der Waals surface area contributed by atoms with Crippen molar-refractivity contribution in [2.75, 3.05) is 13.1 Å². The van der Waals surface area contributed by atoms with Crippen LogP contribution in [0.3, 0.4) is 0 Å². The maximum atomic E-state index is 14.2. The predicted octanol–water partition coefficient (Wildman–Crippen LogP) is 4.41. The van der Waals surface area contributed by atoms with Gasteiger partial charge in [-0.3, -0.25) is 14.4 Å². The van der Waals surface area contributed by atoms with Gasteiger partial charge < -0.3 is 26.0 Å². The predicted molar refractivity (Wildman–Crippen MR) is 200 cm³/mol. The minimum atomic E-state index is -1.12. The number of nitrogens with one attached hydrogen (secondary N) is 3. The van der Waals surface area contributed by atoms with Crippen molar-refractivity contribution in [2.45, 2.75) is 94.1 Å². The number of benzene rings is 2. The Balaban J connectivity index is 1.32. The number of nitrogens with zero attached hydrogens (tertiary/aromatic N) is 4. The first-order valence-electron chi connectivity index (χ1n) is 17.6. The Kier molecular flexibility index (Phi) is 12.8. The van der Waals surface area contributed by atoms with E-state index in [9.17, 15) is 19.5 Å². The zero-order chi connectivity index (χ0) is 36.5. The zero-order valence-corrected chi connectivity index (χ0v) is 30.8. The molecule has 4 N–H and O–H groups in total. The lowest BCUT2D eigenvalue weighted by atomic mass is 9.95. The highest BCUT2D eigenvalue weighted by Gasteiger charge is 2.38. The largest absolute Gasteiger partial charge is 0.389 e. The molecule has 12 heteroatoms. The van der Waals surface area contributed by atoms with Crippen LogP contribution in [-0.4, -0.2) is 90.8 Å². The fourth-order valence-electron chi connectivity index (χ4n) is 6.24. The summed E-state index contributed by atoms with van der Waals surface area (Å²) in [6.07, 6.45) is 4.10. The van der Waals surface area contributed by atoms with E-state index < -0.39 is 41.6 Å². The number of fused-ring (bicyclic) bond motifs is 1. The summed E-state index contributed by atoms with van der Waals surface area (Å²) in [7, 11) is 0. The van der Waals surface area contributed by atoms with Crippen LogP contribution in [-0.2, 0) is 16.0 Å². The van der Waals surface area contributed by atoms with Gasteiger partial charge in [-0.2, -0.15) is 0 Å². The lowest BCUT2D eigenvalue weighted by Crippen LogP contribution is -2.61. The Labute approximate surface area is 304 Å². The molecule has 1 fully saturated rings. The number of amides is 3. The van der Waals surface area contributed by atoms with Crippen LogP contribution in [0.25, 0.3) is 10.9 Å². The summed E-state index contributed by atoms with van der Waals surface area (Å²) < 4.78 is 0. The zero-order valence-electron chi connectivity index (χ0n) is 30.0. The van der Waals surface area contributed by atoms with Crippen molar-refractivity contribution in [1.82, 2.24) is 35.8 Å². The van der Waals surface area contributed by atoms with Crippen LogP contribution in [0.5, 0.6) is 0 Å². The summed E-state index contributed by atoms with van der Waals surface area (Å²) in [5.74, 6) is -1.26. The Morgan fingerprint density at radius 1 is 0.961 bits per heavy atom. The number of aliphatic hydroxyl groups is 1. The molecule has 3 heterocycles. The van der Waals surface area contributed by atoms with Gasteiger partial charge in [-0.25, -0.2) is 15.0 Å². The minimum absolute atomic E-state index is 0.00237. The normalized spacial score (nSPS) is 18.1. The highest BCUT2D eigenvalue weighted by Crippen LogP contribution is 2.29. The number of β-amino-alcohol motifs (C(OH)–C–C–N with tert-alkyl or cyclic N) is 1. The highest BCUT2D eigenvalue weighted by atomic mass is 32.2. The molecular formula is C39H49N7O4S. The smallest absolute Gasteiger partial charge is 0.270 e. The summed E-state index contributed by atoms with van der Waals surface area (Å²) in [5.41, 5.74) is 1.19. The molecule has 3 amide bonds. The molecule has 270 valence electrons. The first-order chi connectivity index (χ1) is 24.4. The van der Waals surface area contributed by atoms with Gasteiger partial charge in [0.05, 0.1) is 23.7 Å². The molecule has 5 atom stereocenters.